The molecule has 1 saturated carbocycles. The topological polar surface area (TPSA) is 35.5 Å². The van der Waals surface area contributed by atoms with Crippen molar-refractivity contribution >= 4 is 12.0 Å². The Morgan fingerprint density at radius 2 is 2.18 bits per heavy atom. The Morgan fingerprint density at radius 3 is 2.88 bits per heavy atom. The van der Waals surface area contributed by atoms with Gasteiger partial charge < -0.3 is 9.47 Å². The van der Waals surface area contributed by atoms with E-state index < -0.39 is 0 Å². The molecule has 0 unspecified atom stereocenters. The van der Waals surface area contributed by atoms with Crippen molar-refractivity contribution in [1.29, 1.82) is 0 Å². The lowest BCUT2D eigenvalue weighted by atomic mass is 10.2. The molecule has 0 N–H and O–H groups in total. The highest BCUT2D eigenvalue weighted by Gasteiger charge is 2.22. The van der Waals surface area contributed by atoms with Gasteiger partial charge in [-0.25, -0.2) is 4.79 Å². The van der Waals surface area contributed by atoms with Crippen LogP contribution >= 0.6 is 0 Å². The third kappa shape index (κ3) is 3.63. The summed E-state index contributed by atoms with van der Waals surface area (Å²) in [6.07, 6.45) is 5.53. The van der Waals surface area contributed by atoms with Gasteiger partial charge in [-0.1, -0.05) is 18.2 Å². The molecule has 0 atom stereocenters. The molecule has 0 amide bonds. The molecule has 2 rings (SSSR count). The van der Waals surface area contributed by atoms with Crippen LogP contribution in [0, 0.1) is 5.92 Å². The lowest BCUT2D eigenvalue weighted by Crippen LogP contribution is -2.03. The fourth-order valence-electron chi connectivity index (χ4n) is 1.49. The van der Waals surface area contributed by atoms with E-state index in [0.717, 1.165) is 11.3 Å². The van der Waals surface area contributed by atoms with E-state index in [1.54, 1.807) is 13.2 Å². The summed E-state index contributed by atoms with van der Waals surface area (Å²) in [6.45, 7) is 0.551. The number of carbonyl (C=O) groups is 1. The number of para-hydroxylation sites is 1. The van der Waals surface area contributed by atoms with E-state index in [4.69, 9.17) is 9.47 Å². The Labute approximate surface area is 101 Å². The van der Waals surface area contributed by atoms with Gasteiger partial charge in [0.15, 0.2) is 0 Å². The molecular weight excluding hydrogens is 216 g/mol. The van der Waals surface area contributed by atoms with E-state index >= 15 is 0 Å². The van der Waals surface area contributed by atoms with Gasteiger partial charge in [0.05, 0.1) is 13.7 Å². The van der Waals surface area contributed by atoms with Crippen LogP contribution in [-0.2, 0) is 9.53 Å². The molecule has 1 aromatic carbocycles. The van der Waals surface area contributed by atoms with E-state index in [1.807, 2.05) is 24.3 Å². The first-order valence-corrected chi connectivity index (χ1v) is 5.77. The molecule has 0 saturated heterocycles. The quantitative estimate of drug-likeness (QED) is 0.578. The van der Waals surface area contributed by atoms with Crippen molar-refractivity contribution in [2.75, 3.05) is 13.7 Å². The molecule has 0 aliphatic heterocycles. The fraction of sp³-hybridized carbons (Fsp3) is 0.357. The lowest BCUT2D eigenvalue weighted by Gasteiger charge is -2.03. The van der Waals surface area contributed by atoms with Gasteiger partial charge in [0.25, 0.3) is 0 Å². The average Bonchev–Trinajstić information content (AvgIpc) is 3.18. The summed E-state index contributed by atoms with van der Waals surface area (Å²) >= 11 is 0. The molecule has 1 aliphatic carbocycles. The maximum Gasteiger partial charge on any atom is 0.330 e. The van der Waals surface area contributed by atoms with Crippen molar-refractivity contribution in [3.63, 3.8) is 0 Å². The van der Waals surface area contributed by atoms with Crippen molar-refractivity contribution in [3.8, 4) is 5.75 Å². The molecule has 17 heavy (non-hydrogen) atoms. The summed E-state index contributed by atoms with van der Waals surface area (Å²) in [5.41, 5.74) is 0.873. The molecule has 1 fully saturated rings. The first-order valence-electron chi connectivity index (χ1n) is 5.77. The molecule has 1 aromatic rings. The smallest absolute Gasteiger partial charge is 0.330 e. The van der Waals surface area contributed by atoms with Gasteiger partial charge in [-0.15, -0.1) is 0 Å². The Hall–Kier alpha value is -1.77. The van der Waals surface area contributed by atoms with Crippen LogP contribution in [-0.4, -0.2) is 19.7 Å². The van der Waals surface area contributed by atoms with Gasteiger partial charge in [-0.05, 0) is 30.9 Å². The van der Waals surface area contributed by atoms with Crippen molar-refractivity contribution < 1.29 is 14.3 Å². The molecule has 1 aliphatic rings. The molecule has 0 spiro atoms. The zero-order valence-electron chi connectivity index (χ0n) is 9.89. The number of benzene rings is 1. The van der Waals surface area contributed by atoms with E-state index in [9.17, 15) is 4.79 Å². The van der Waals surface area contributed by atoms with Gasteiger partial charge in [0.1, 0.15) is 5.75 Å². The second-order valence-corrected chi connectivity index (χ2v) is 4.15. The van der Waals surface area contributed by atoms with Crippen LogP contribution in [0.1, 0.15) is 18.4 Å². The molecule has 3 nitrogen and oxygen atoms in total. The average molecular weight is 232 g/mol. The zero-order valence-corrected chi connectivity index (χ0v) is 9.89. The summed E-state index contributed by atoms with van der Waals surface area (Å²) in [4.78, 5) is 11.4. The Kier molecular flexibility index (Phi) is 3.81. The van der Waals surface area contributed by atoms with Gasteiger partial charge in [-0.3, -0.25) is 0 Å². The van der Waals surface area contributed by atoms with Crippen LogP contribution in [0.15, 0.2) is 30.3 Å². The van der Waals surface area contributed by atoms with Crippen LogP contribution in [0.4, 0.5) is 0 Å². The van der Waals surface area contributed by atoms with E-state index in [0.29, 0.717) is 12.5 Å². The number of hydrogen-bond acceptors (Lipinski definition) is 3. The van der Waals surface area contributed by atoms with Crippen molar-refractivity contribution in [2.45, 2.75) is 12.8 Å². The Balaban J connectivity index is 1.91. The second kappa shape index (κ2) is 5.53. The number of hydrogen-bond donors (Lipinski definition) is 0. The normalized spacial score (nSPS) is 14.9. The van der Waals surface area contributed by atoms with E-state index in [2.05, 4.69) is 0 Å². The van der Waals surface area contributed by atoms with Gasteiger partial charge in [0.2, 0.25) is 0 Å². The molecule has 90 valence electrons. The first-order chi connectivity index (χ1) is 8.29. The van der Waals surface area contributed by atoms with Crippen LogP contribution in [0.25, 0.3) is 6.08 Å². The predicted octanol–water partition coefficient (Wildman–Crippen LogP) is 2.66. The van der Waals surface area contributed by atoms with Crippen molar-refractivity contribution in [2.24, 2.45) is 5.92 Å². The van der Waals surface area contributed by atoms with Gasteiger partial charge in [-0.2, -0.15) is 0 Å². The number of rotatable bonds is 5. The molecule has 0 heterocycles. The zero-order chi connectivity index (χ0) is 12.1. The van der Waals surface area contributed by atoms with Crippen LogP contribution in [0.2, 0.25) is 0 Å². The largest absolute Gasteiger partial charge is 0.496 e. The van der Waals surface area contributed by atoms with Gasteiger partial charge in [0, 0.05) is 11.6 Å². The molecule has 3 heteroatoms. The van der Waals surface area contributed by atoms with E-state index in [-0.39, 0.29) is 5.97 Å². The monoisotopic (exact) mass is 232 g/mol. The summed E-state index contributed by atoms with van der Waals surface area (Å²) in [5.74, 6) is 1.06. The third-order valence-corrected chi connectivity index (χ3v) is 2.70. The van der Waals surface area contributed by atoms with Gasteiger partial charge >= 0.3 is 5.97 Å². The molecular formula is C14H16O3. The Morgan fingerprint density at radius 1 is 1.41 bits per heavy atom. The highest BCUT2D eigenvalue weighted by Crippen LogP contribution is 2.28. The highest BCUT2D eigenvalue weighted by molar-refractivity contribution is 5.87. The number of ether oxygens (including phenoxy) is 2. The molecule has 0 bridgehead atoms. The minimum atomic E-state index is -0.289. The molecule has 0 aromatic heterocycles. The summed E-state index contributed by atoms with van der Waals surface area (Å²) < 4.78 is 10.3. The predicted molar refractivity (Wildman–Crippen MR) is 65.7 cm³/mol. The Bertz CT molecular complexity index is 419. The number of carbonyl (C=O) groups excluding carboxylic acids is 1. The van der Waals surface area contributed by atoms with Crippen LogP contribution < -0.4 is 4.74 Å². The summed E-state index contributed by atoms with van der Waals surface area (Å²) in [7, 11) is 1.61. The number of esters is 1. The van der Waals surface area contributed by atoms with E-state index in [1.165, 1.54) is 18.9 Å². The van der Waals surface area contributed by atoms with Crippen LogP contribution in [0.5, 0.6) is 5.75 Å². The SMILES string of the molecule is COc1ccccc1C=CC(=O)OCC1CC1. The summed E-state index contributed by atoms with van der Waals surface area (Å²) in [5, 5.41) is 0. The maximum atomic E-state index is 11.4. The van der Waals surface area contributed by atoms with Crippen LogP contribution in [0.3, 0.4) is 0 Å². The summed E-state index contributed by atoms with van der Waals surface area (Å²) in [6, 6.07) is 7.54. The minimum Gasteiger partial charge on any atom is -0.496 e. The van der Waals surface area contributed by atoms with Crippen molar-refractivity contribution in [3.05, 3.63) is 35.9 Å². The highest BCUT2D eigenvalue weighted by atomic mass is 16.5. The standard InChI is InChI=1S/C14H16O3/c1-16-13-5-3-2-4-12(13)8-9-14(15)17-10-11-6-7-11/h2-5,8-9,11H,6-7,10H2,1H3. The first kappa shape index (κ1) is 11.7. The minimum absolute atomic E-state index is 0.289. The fourth-order valence-corrected chi connectivity index (χ4v) is 1.49. The molecule has 0 radical (unpaired) electrons. The second-order valence-electron chi connectivity index (χ2n) is 4.15. The number of methoxy groups -OCH3 is 1. The van der Waals surface area contributed by atoms with Crippen molar-refractivity contribution in [1.82, 2.24) is 0 Å². The third-order valence-electron chi connectivity index (χ3n) is 2.70. The maximum absolute atomic E-state index is 11.4. The lowest BCUT2D eigenvalue weighted by molar-refractivity contribution is -0.138.